The number of rotatable bonds is 47. The molecule has 3 N–H and O–H groups in total. The Balaban J connectivity index is 4.62. The molecule has 368 valence electrons. The van der Waals surface area contributed by atoms with Gasteiger partial charge in [-0.05, 0) is 89.9 Å². The van der Waals surface area contributed by atoms with Gasteiger partial charge in [-0.3, -0.25) is 9.59 Å². The molecular formula is C58H101NO5. The Hall–Kier alpha value is -2.96. The molecule has 0 aliphatic rings. The molecule has 0 aromatic rings. The van der Waals surface area contributed by atoms with Crippen molar-refractivity contribution in [3.05, 3.63) is 85.1 Å². The number of unbranched alkanes of at least 4 members (excludes halogenated alkanes) is 21. The standard InChI is InChI=1S/C58H101NO5/c1-4-7-10-13-16-19-22-25-27-29-31-33-36-39-42-45-48-51-58(63)64-54(49-46-43-40-37-34-24-21-18-15-12-9-6-3)52-57(62)59-55(53-60)56(61)50-47-44-41-38-35-32-30-28-26-23-20-17-14-11-8-5-2/h7,9-10,12,16,18-19,21,25,27,31,33,39,42,54-56,60-61H,4-6,8,11,13-15,17,20,22-24,26,28-30,32,34-38,40-41,43-53H2,1-3H3,(H,59,62)/b10-7-,12-9+,19-16-,21-18+,27-25-,33-31-,42-39-. The van der Waals surface area contributed by atoms with Crippen molar-refractivity contribution >= 4 is 11.9 Å². The molecule has 0 bridgehead atoms. The topological polar surface area (TPSA) is 95.9 Å². The molecule has 0 saturated heterocycles. The van der Waals surface area contributed by atoms with Crippen molar-refractivity contribution in [2.24, 2.45) is 0 Å². The van der Waals surface area contributed by atoms with Crippen LogP contribution in [0.25, 0.3) is 0 Å². The average Bonchev–Trinajstić information content (AvgIpc) is 3.29. The van der Waals surface area contributed by atoms with E-state index in [9.17, 15) is 19.8 Å². The molecule has 0 aliphatic heterocycles. The molecule has 3 atom stereocenters. The summed E-state index contributed by atoms with van der Waals surface area (Å²) < 4.78 is 5.90. The fourth-order valence-corrected chi connectivity index (χ4v) is 7.74. The third-order valence-electron chi connectivity index (χ3n) is 11.7. The first-order chi connectivity index (χ1) is 31.5. The zero-order valence-electron chi connectivity index (χ0n) is 41.9. The fourth-order valence-electron chi connectivity index (χ4n) is 7.74. The molecule has 0 saturated carbocycles. The van der Waals surface area contributed by atoms with Gasteiger partial charge >= 0.3 is 5.97 Å². The summed E-state index contributed by atoms with van der Waals surface area (Å²) >= 11 is 0. The van der Waals surface area contributed by atoms with Crippen LogP contribution in [0.3, 0.4) is 0 Å². The number of aliphatic hydroxyl groups excluding tert-OH is 2. The van der Waals surface area contributed by atoms with Gasteiger partial charge in [-0.25, -0.2) is 0 Å². The second-order valence-electron chi connectivity index (χ2n) is 17.9. The Morgan fingerprint density at radius 3 is 1.28 bits per heavy atom. The van der Waals surface area contributed by atoms with Gasteiger partial charge in [-0.1, -0.05) is 228 Å². The second-order valence-corrected chi connectivity index (χ2v) is 17.9. The molecule has 0 rings (SSSR count). The van der Waals surface area contributed by atoms with Crippen molar-refractivity contribution in [3.8, 4) is 0 Å². The molecule has 6 heteroatoms. The Bertz CT molecular complexity index is 1230. The molecule has 6 nitrogen and oxygen atoms in total. The van der Waals surface area contributed by atoms with Crippen molar-refractivity contribution in [3.63, 3.8) is 0 Å². The lowest BCUT2D eigenvalue weighted by Gasteiger charge is -2.24. The summed E-state index contributed by atoms with van der Waals surface area (Å²) in [6.07, 6.45) is 66.5. The summed E-state index contributed by atoms with van der Waals surface area (Å²) in [7, 11) is 0. The van der Waals surface area contributed by atoms with Gasteiger partial charge in [0, 0.05) is 6.42 Å². The number of amides is 1. The monoisotopic (exact) mass is 892 g/mol. The van der Waals surface area contributed by atoms with Crippen LogP contribution in [0, 0.1) is 0 Å². The molecule has 64 heavy (non-hydrogen) atoms. The maximum atomic E-state index is 13.2. The molecule has 0 radical (unpaired) electrons. The minimum atomic E-state index is -0.805. The smallest absolute Gasteiger partial charge is 0.306 e. The first-order valence-electron chi connectivity index (χ1n) is 26.8. The number of carbonyl (C=O) groups excluding carboxylic acids is 2. The van der Waals surface area contributed by atoms with Gasteiger partial charge in [0.1, 0.15) is 6.10 Å². The zero-order chi connectivity index (χ0) is 46.7. The molecular weight excluding hydrogens is 791 g/mol. The van der Waals surface area contributed by atoms with Crippen LogP contribution in [0.1, 0.15) is 245 Å². The molecule has 1 amide bonds. The maximum Gasteiger partial charge on any atom is 0.306 e. The van der Waals surface area contributed by atoms with E-state index in [-0.39, 0.29) is 24.9 Å². The number of nitrogens with one attached hydrogen (secondary N) is 1. The van der Waals surface area contributed by atoms with E-state index in [1.54, 1.807) is 0 Å². The van der Waals surface area contributed by atoms with E-state index >= 15 is 0 Å². The van der Waals surface area contributed by atoms with Crippen molar-refractivity contribution in [1.82, 2.24) is 5.32 Å². The minimum Gasteiger partial charge on any atom is -0.462 e. The van der Waals surface area contributed by atoms with E-state index in [0.717, 1.165) is 109 Å². The van der Waals surface area contributed by atoms with Crippen molar-refractivity contribution in [1.29, 1.82) is 0 Å². The first kappa shape index (κ1) is 61.0. The Morgan fingerprint density at radius 2 is 0.844 bits per heavy atom. The summed E-state index contributed by atoms with van der Waals surface area (Å²) in [5, 5.41) is 23.8. The van der Waals surface area contributed by atoms with Crippen LogP contribution in [0.5, 0.6) is 0 Å². The highest BCUT2D eigenvalue weighted by Gasteiger charge is 2.24. The Labute approximate surface area is 395 Å². The van der Waals surface area contributed by atoms with Crippen LogP contribution in [0.15, 0.2) is 85.1 Å². The fraction of sp³-hybridized carbons (Fsp3) is 0.724. The quantitative estimate of drug-likeness (QED) is 0.0321. The highest BCUT2D eigenvalue weighted by atomic mass is 16.5. The lowest BCUT2D eigenvalue weighted by molar-refractivity contribution is -0.151. The van der Waals surface area contributed by atoms with Gasteiger partial charge in [0.2, 0.25) is 5.91 Å². The van der Waals surface area contributed by atoms with Gasteiger partial charge in [0.05, 0.1) is 25.2 Å². The van der Waals surface area contributed by atoms with Crippen LogP contribution in [0.4, 0.5) is 0 Å². The minimum absolute atomic E-state index is 0.0417. The van der Waals surface area contributed by atoms with E-state index < -0.39 is 18.2 Å². The van der Waals surface area contributed by atoms with Gasteiger partial charge < -0.3 is 20.3 Å². The van der Waals surface area contributed by atoms with Gasteiger partial charge in [0.25, 0.3) is 0 Å². The van der Waals surface area contributed by atoms with Gasteiger partial charge in [-0.15, -0.1) is 0 Å². The van der Waals surface area contributed by atoms with Crippen molar-refractivity contribution in [2.45, 2.75) is 264 Å². The van der Waals surface area contributed by atoms with E-state index in [2.05, 4.69) is 111 Å². The lowest BCUT2D eigenvalue weighted by Crippen LogP contribution is -2.46. The van der Waals surface area contributed by atoms with E-state index in [0.29, 0.717) is 25.7 Å². The number of esters is 1. The summed E-state index contributed by atoms with van der Waals surface area (Å²) in [6, 6.07) is -0.722. The molecule has 0 spiro atoms. The number of hydrogen-bond donors (Lipinski definition) is 3. The number of ether oxygens (including phenoxy) is 1. The Kier molecular flexibility index (Phi) is 48.7. The molecule has 0 heterocycles. The van der Waals surface area contributed by atoms with Gasteiger partial charge in [0.15, 0.2) is 0 Å². The average molecular weight is 892 g/mol. The number of carbonyl (C=O) groups is 2. The lowest BCUT2D eigenvalue weighted by atomic mass is 10.0. The molecule has 0 aromatic carbocycles. The number of hydrogen-bond acceptors (Lipinski definition) is 5. The van der Waals surface area contributed by atoms with Crippen LogP contribution < -0.4 is 5.32 Å². The van der Waals surface area contributed by atoms with Crippen LogP contribution in [0.2, 0.25) is 0 Å². The summed E-state index contributed by atoms with van der Waals surface area (Å²) in [6.45, 7) is 6.25. The first-order valence-corrected chi connectivity index (χ1v) is 26.8. The molecule has 0 fully saturated rings. The van der Waals surface area contributed by atoms with Gasteiger partial charge in [-0.2, -0.15) is 0 Å². The van der Waals surface area contributed by atoms with Crippen molar-refractivity contribution < 1.29 is 24.5 Å². The van der Waals surface area contributed by atoms with E-state index in [1.807, 2.05) is 0 Å². The van der Waals surface area contributed by atoms with E-state index in [4.69, 9.17) is 4.74 Å². The Morgan fingerprint density at radius 1 is 0.469 bits per heavy atom. The summed E-state index contributed by atoms with van der Waals surface area (Å²) in [5.74, 6) is -0.560. The third-order valence-corrected chi connectivity index (χ3v) is 11.7. The van der Waals surface area contributed by atoms with Crippen LogP contribution in [-0.2, 0) is 14.3 Å². The molecule has 0 aliphatic carbocycles. The normalized spacial score (nSPS) is 13.9. The SMILES string of the molecule is CC/C=C\C/C=C\C/C=C\C/C=C\C/C=C\CCCC(=O)OC(CCCCCCC/C=C/C/C=C/CC)CC(=O)NC(CO)C(O)CCCCCCCCCCCCCCCCCC. The van der Waals surface area contributed by atoms with E-state index in [1.165, 1.54) is 83.5 Å². The van der Waals surface area contributed by atoms with Crippen LogP contribution >= 0.6 is 0 Å². The molecule has 0 aromatic heterocycles. The predicted octanol–water partition coefficient (Wildman–Crippen LogP) is 16.3. The van der Waals surface area contributed by atoms with Crippen LogP contribution in [-0.4, -0.2) is 46.9 Å². The maximum absolute atomic E-state index is 13.2. The zero-order valence-corrected chi connectivity index (χ0v) is 41.9. The third kappa shape index (κ3) is 45.6. The van der Waals surface area contributed by atoms with Crippen molar-refractivity contribution in [2.75, 3.05) is 6.61 Å². The summed E-state index contributed by atoms with van der Waals surface area (Å²) in [4.78, 5) is 26.2. The summed E-state index contributed by atoms with van der Waals surface area (Å²) in [5.41, 5.74) is 0. The number of allylic oxidation sites excluding steroid dienone is 14. The highest BCUT2D eigenvalue weighted by molar-refractivity contribution is 5.77. The largest absolute Gasteiger partial charge is 0.462 e. The highest BCUT2D eigenvalue weighted by Crippen LogP contribution is 2.17. The second kappa shape index (κ2) is 51.0. The number of aliphatic hydroxyl groups is 2. The molecule has 3 unspecified atom stereocenters. The predicted molar refractivity (Wildman–Crippen MR) is 278 cm³/mol.